The van der Waals surface area contributed by atoms with E-state index in [0.717, 1.165) is 5.69 Å². The lowest BCUT2D eigenvalue weighted by Gasteiger charge is -2.20. The topological polar surface area (TPSA) is 116 Å². The summed E-state index contributed by atoms with van der Waals surface area (Å²) in [6, 6.07) is 10.7. The van der Waals surface area contributed by atoms with Crippen LogP contribution in [0.4, 0.5) is 4.39 Å². The van der Waals surface area contributed by atoms with E-state index in [-0.39, 0.29) is 41.1 Å². The molecule has 2 amide bonds. The van der Waals surface area contributed by atoms with Crippen molar-refractivity contribution in [3.05, 3.63) is 70.4 Å². The predicted octanol–water partition coefficient (Wildman–Crippen LogP) is 2.99. The van der Waals surface area contributed by atoms with Crippen molar-refractivity contribution in [3.63, 3.8) is 0 Å². The van der Waals surface area contributed by atoms with E-state index in [1.807, 2.05) is 10.3 Å². The molecule has 1 saturated carbocycles. The summed E-state index contributed by atoms with van der Waals surface area (Å²) in [7, 11) is 1.75. The zero-order valence-corrected chi connectivity index (χ0v) is 20.0. The first-order valence-electron chi connectivity index (χ1n) is 11.3. The number of primary amides is 1. The van der Waals surface area contributed by atoms with Crippen LogP contribution in [0.15, 0.2) is 53.4 Å². The Morgan fingerprint density at radius 3 is 2.50 bits per heavy atom. The molecule has 9 nitrogen and oxygen atoms in total. The van der Waals surface area contributed by atoms with Gasteiger partial charge in [0, 0.05) is 54.5 Å². The molecule has 3 atom stereocenters. The second-order valence-corrected chi connectivity index (χ2v) is 9.70. The Labute approximate surface area is 209 Å². The minimum Gasteiger partial charge on any atom is -0.474 e. The van der Waals surface area contributed by atoms with Crippen molar-refractivity contribution in [1.29, 1.82) is 0 Å². The molecule has 0 unspecified atom stereocenters. The number of aromatic nitrogens is 4. The van der Waals surface area contributed by atoms with E-state index < -0.39 is 5.91 Å². The number of pyridine rings is 1. The van der Waals surface area contributed by atoms with Gasteiger partial charge in [0.1, 0.15) is 29.0 Å². The van der Waals surface area contributed by atoms with Crippen molar-refractivity contribution in [1.82, 2.24) is 24.6 Å². The number of carbonyl (C=O) groups is 2. The number of halogens is 1. The molecule has 0 radical (unpaired) electrons. The molecule has 182 valence electrons. The van der Waals surface area contributed by atoms with Crippen molar-refractivity contribution < 1.29 is 18.7 Å². The molecule has 1 aliphatic carbocycles. The molecule has 1 saturated heterocycles. The molecule has 2 N–H and O–H groups in total. The average Bonchev–Trinajstić information content (AvgIpc) is 3.37. The smallest absolute Gasteiger partial charge is 0.272 e. The van der Waals surface area contributed by atoms with Crippen molar-refractivity contribution >= 4 is 23.2 Å². The van der Waals surface area contributed by atoms with Crippen LogP contribution in [-0.2, 0) is 7.05 Å². The third-order valence-corrected chi connectivity index (χ3v) is 7.27. The van der Waals surface area contributed by atoms with E-state index in [1.165, 1.54) is 29.5 Å². The Kier molecular flexibility index (Phi) is 5.29. The Hall–Kier alpha value is -4.12. The van der Waals surface area contributed by atoms with Crippen LogP contribution in [0.25, 0.3) is 22.6 Å². The van der Waals surface area contributed by atoms with E-state index in [2.05, 4.69) is 15.1 Å². The van der Waals surface area contributed by atoms with Gasteiger partial charge in [0.2, 0.25) is 11.8 Å². The van der Waals surface area contributed by atoms with Gasteiger partial charge in [0.15, 0.2) is 0 Å². The van der Waals surface area contributed by atoms with E-state index in [4.69, 9.17) is 10.5 Å². The molecule has 4 heterocycles. The summed E-state index contributed by atoms with van der Waals surface area (Å²) in [5.41, 5.74) is 10.5. The Balaban J connectivity index is 1.15. The number of thiazole rings is 1. The summed E-state index contributed by atoms with van der Waals surface area (Å²) < 4.78 is 21.0. The van der Waals surface area contributed by atoms with Gasteiger partial charge in [0.05, 0.1) is 11.2 Å². The van der Waals surface area contributed by atoms with Crippen molar-refractivity contribution in [2.24, 2.45) is 24.6 Å². The number of rotatable bonds is 6. The number of nitrogens with two attached hydrogens (primary N) is 1. The van der Waals surface area contributed by atoms with E-state index in [9.17, 15) is 14.0 Å². The summed E-state index contributed by atoms with van der Waals surface area (Å²) in [6.45, 7) is 1.12. The quantitative estimate of drug-likeness (QED) is 0.432. The number of aryl methyl sites for hydroxylation is 1. The normalized spacial score (nSPS) is 20.3. The number of nitrogens with zero attached hydrogens (tertiary/aromatic N) is 5. The number of benzene rings is 1. The molecule has 0 spiro atoms. The van der Waals surface area contributed by atoms with Gasteiger partial charge in [-0.2, -0.15) is 5.10 Å². The van der Waals surface area contributed by atoms with Crippen molar-refractivity contribution in [2.75, 3.05) is 13.1 Å². The fourth-order valence-electron chi connectivity index (χ4n) is 4.72. The molecular formula is C25H21FN6O3S. The zero-order valence-electron chi connectivity index (χ0n) is 19.2. The summed E-state index contributed by atoms with van der Waals surface area (Å²) >= 11 is 1.48. The number of hydrogen-bond donors (Lipinski definition) is 1. The number of likely N-dealkylation sites (tertiary alicyclic amines) is 1. The number of fused-ring (bicyclic) bond motifs is 1. The maximum Gasteiger partial charge on any atom is 0.272 e. The van der Waals surface area contributed by atoms with Crippen molar-refractivity contribution in [2.45, 2.75) is 6.10 Å². The number of ether oxygens (including phenoxy) is 1. The Morgan fingerprint density at radius 2 is 1.83 bits per heavy atom. The van der Waals surface area contributed by atoms with Crippen LogP contribution in [0.5, 0.6) is 5.88 Å². The SMILES string of the molecule is Cn1nc(-c2cscn2)cc1C(=O)N1C[C@@H]2[C@H](C1)[C@H]2Oc1cc(C(N)=O)cc(-c2ccc(F)cc2)n1. The number of amides is 2. The van der Waals surface area contributed by atoms with Gasteiger partial charge < -0.3 is 15.4 Å². The van der Waals surface area contributed by atoms with Crippen LogP contribution < -0.4 is 10.5 Å². The van der Waals surface area contributed by atoms with Crippen LogP contribution in [0, 0.1) is 17.7 Å². The van der Waals surface area contributed by atoms with Crippen LogP contribution in [0.1, 0.15) is 20.8 Å². The largest absolute Gasteiger partial charge is 0.474 e. The van der Waals surface area contributed by atoms with Gasteiger partial charge >= 0.3 is 0 Å². The molecule has 36 heavy (non-hydrogen) atoms. The third kappa shape index (κ3) is 4.01. The van der Waals surface area contributed by atoms with Crippen LogP contribution >= 0.6 is 11.3 Å². The van der Waals surface area contributed by atoms with Crippen LogP contribution in [-0.4, -0.2) is 55.7 Å². The average molecular weight is 505 g/mol. The Bertz CT molecular complexity index is 1460. The summed E-state index contributed by atoms with van der Waals surface area (Å²) in [6.07, 6.45) is -0.108. The lowest BCUT2D eigenvalue weighted by Crippen LogP contribution is -2.34. The molecule has 1 aromatic carbocycles. The third-order valence-electron chi connectivity index (χ3n) is 6.68. The highest BCUT2D eigenvalue weighted by Crippen LogP contribution is 2.48. The fourth-order valence-corrected chi connectivity index (χ4v) is 5.27. The zero-order chi connectivity index (χ0) is 25.0. The lowest BCUT2D eigenvalue weighted by molar-refractivity contribution is 0.0740. The first-order valence-corrected chi connectivity index (χ1v) is 12.3. The predicted molar refractivity (Wildman–Crippen MR) is 130 cm³/mol. The summed E-state index contributed by atoms with van der Waals surface area (Å²) in [5, 5.41) is 6.32. The van der Waals surface area contributed by atoms with Gasteiger partial charge in [-0.25, -0.2) is 14.4 Å². The van der Waals surface area contributed by atoms with Crippen LogP contribution in [0.3, 0.4) is 0 Å². The first kappa shape index (κ1) is 22.4. The number of carbonyl (C=O) groups excluding carboxylic acids is 2. The molecule has 1 aliphatic heterocycles. The van der Waals surface area contributed by atoms with Gasteiger partial charge in [-0.1, -0.05) is 0 Å². The molecule has 4 aromatic rings. The molecular weight excluding hydrogens is 483 g/mol. The highest BCUT2D eigenvalue weighted by molar-refractivity contribution is 7.07. The van der Waals surface area contributed by atoms with Gasteiger partial charge in [-0.3, -0.25) is 14.3 Å². The minimum atomic E-state index is -0.605. The molecule has 3 aromatic heterocycles. The molecule has 2 fully saturated rings. The van der Waals surface area contributed by atoms with Gasteiger partial charge in [0.25, 0.3) is 5.91 Å². The van der Waals surface area contributed by atoms with E-state index in [0.29, 0.717) is 35.7 Å². The molecule has 6 rings (SSSR count). The van der Waals surface area contributed by atoms with Crippen LogP contribution in [0.2, 0.25) is 0 Å². The first-order chi connectivity index (χ1) is 17.4. The summed E-state index contributed by atoms with van der Waals surface area (Å²) in [5.74, 6) is -0.419. The monoisotopic (exact) mass is 504 g/mol. The summed E-state index contributed by atoms with van der Waals surface area (Å²) in [4.78, 5) is 35.6. The van der Waals surface area contributed by atoms with E-state index in [1.54, 1.807) is 41.5 Å². The van der Waals surface area contributed by atoms with Gasteiger partial charge in [-0.15, -0.1) is 11.3 Å². The van der Waals surface area contributed by atoms with E-state index >= 15 is 0 Å². The lowest BCUT2D eigenvalue weighted by atomic mass is 10.1. The highest BCUT2D eigenvalue weighted by Gasteiger charge is 2.59. The maximum atomic E-state index is 13.3. The Morgan fingerprint density at radius 1 is 1.08 bits per heavy atom. The minimum absolute atomic E-state index is 0.0788. The molecule has 0 bridgehead atoms. The maximum absolute atomic E-state index is 13.3. The standard InChI is InChI=1S/C25H21FN6O3S/c1-31-21(8-19(30-31)20-11-36-12-28-20)25(34)32-9-16-17(10-32)23(16)35-22-7-14(24(27)33)6-18(29-22)13-2-4-15(26)5-3-13/h2-8,11-12,16-17,23H,9-10H2,1H3,(H2,27,33)/t16-,17+,23+. The second-order valence-electron chi connectivity index (χ2n) is 8.98. The fraction of sp³-hybridized carbons (Fsp3) is 0.240. The molecule has 11 heteroatoms. The number of hydrogen-bond acceptors (Lipinski definition) is 7. The second kappa shape index (κ2) is 8.52. The highest BCUT2D eigenvalue weighted by atomic mass is 32.1. The van der Waals surface area contributed by atoms with Gasteiger partial charge in [-0.05, 0) is 36.4 Å². The molecule has 2 aliphatic rings. The number of piperidine rings is 1. The van der Waals surface area contributed by atoms with Crippen molar-refractivity contribution in [3.8, 4) is 28.5 Å².